The van der Waals surface area contributed by atoms with E-state index in [0.29, 0.717) is 12.1 Å². The third-order valence-corrected chi connectivity index (χ3v) is 2.49. The molecule has 0 heterocycles. The van der Waals surface area contributed by atoms with Crippen molar-refractivity contribution in [2.45, 2.75) is 18.6 Å². The van der Waals surface area contributed by atoms with Crippen molar-refractivity contribution in [1.29, 1.82) is 0 Å². The van der Waals surface area contributed by atoms with Crippen LogP contribution < -0.4 is 5.32 Å². The monoisotopic (exact) mass is 325 g/mol. The van der Waals surface area contributed by atoms with Gasteiger partial charge in [-0.15, -0.1) is 0 Å². The van der Waals surface area contributed by atoms with Crippen LogP contribution in [-0.4, -0.2) is 35.0 Å². The standard InChI is InChI=1S/C12H8F5NO4/c13-6-2-1-5(3-7(6)14)9(19)4-8(10(20)21)18-11(22)12(15,16)17/h1-3,8H,4H2,(H,18,22)(H,20,21)/t8-/m1/s1. The van der Waals surface area contributed by atoms with Gasteiger partial charge >= 0.3 is 18.1 Å². The highest BCUT2D eigenvalue weighted by Gasteiger charge is 2.41. The number of carbonyl (C=O) groups is 3. The van der Waals surface area contributed by atoms with Crippen molar-refractivity contribution < 1.29 is 41.4 Å². The Balaban J connectivity index is 2.87. The smallest absolute Gasteiger partial charge is 0.471 e. The Hall–Kier alpha value is -2.52. The van der Waals surface area contributed by atoms with Crippen LogP contribution >= 0.6 is 0 Å². The van der Waals surface area contributed by atoms with Crippen LogP contribution in [0.4, 0.5) is 22.0 Å². The first-order valence-corrected chi connectivity index (χ1v) is 5.61. The molecule has 0 aromatic heterocycles. The average molecular weight is 325 g/mol. The molecule has 0 aliphatic heterocycles. The lowest BCUT2D eigenvalue weighted by molar-refractivity contribution is -0.175. The van der Waals surface area contributed by atoms with E-state index < -0.39 is 53.5 Å². The Morgan fingerprint density at radius 3 is 2.18 bits per heavy atom. The number of benzene rings is 1. The van der Waals surface area contributed by atoms with Crippen molar-refractivity contribution in [2.75, 3.05) is 0 Å². The molecule has 120 valence electrons. The number of nitrogens with one attached hydrogen (secondary N) is 1. The number of amides is 1. The van der Waals surface area contributed by atoms with Crippen LogP contribution in [0.1, 0.15) is 16.8 Å². The summed E-state index contributed by atoms with van der Waals surface area (Å²) in [5, 5.41) is 9.84. The summed E-state index contributed by atoms with van der Waals surface area (Å²) < 4.78 is 61.8. The van der Waals surface area contributed by atoms with E-state index in [4.69, 9.17) is 5.11 Å². The molecule has 10 heteroatoms. The molecule has 0 saturated heterocycles. The van der Waals surface area contributed by atoms with Gasteiger partial charge in [-0.25, -0.2) is 13.6 Å². The normalized spacial score (nSPS) is 12.6. The van der Waals surface area contributed by atoms with E-state index in [1.54, 1.807) is 0 Å². The minimum absolute atomic E-state index is 0.439. The summed E-state index contributed by atoms with van der Waals surface area (Å²) >= 11 is 0. The van der Waals surface area contributed by atoms with E-state index >= 15 is 0 Å². The van der Waals surface area contributed by atoms with Gasteiger partial charge in [0.05, 0.1) is 0 Å². The third-order valence-electron chi connectivity index (χ3n) is 2.49. The Morgan fingerprint density at radius 2 is 1.73 bits per heavy atom. The molecule has 0 aliphatic rings. The molecule has 0 saturated carbocycles. The molecule has 0 unspecified atom stereocenters. The number of halogens is 5. The van der Waals surface area contributed by atoms with Crippen LogP contribution in [0.2, 0.25) is 0 Å². The van der Waals surface area contributed by atoms with Gasteiger partial charge in [0.15, 0.2) is 17.4 Å². The van der Waals surface area contributed by atoms with Crippen LogP contribution in [-0.2, 0) is 9.59 Å². The minimum Gasteiger partial charge on any atom is -0.480 e. The summed E-state index contributed by atoms with van der Waals surface area (Å²) in [6.07, 6.45) is -6.37. The van der Waals surface area contributed by atoms with Gasteiger partial charge in [-0.1, -0.05) is 0 Å². The fourth-order valence-electron chi connectivity index (χ4n) is 1.41. The molecular weight excluding hydrogens is 317 g/mol. The number of aliphatic carboxylic acids is 1. The zero-order valence-corrected chi connectivity index (χ0v) is 10.6. The lowest BCUT2D eigenvalue weighted by atomic mass is 10.0. The fourth-order valence-corrected chi connectivity index (χ4v) is 1.41. The molecule has 0 bridgehead atoms. The summed E-state index contributed by atoms with van der Waals surface area (Å²) in [6.45, 7) is 0. The van der Waals surface area contributed by atoms with Gasteiger partial charge < -0.3 is 10.4 Å². The van der Waals surface area contributed by atoms with Gasteiger partial charge in [-0.05, 0) is 18.2 Å². The van der Waals surface area contributed by atoms with Gasteiger partial charge in [0.25, 0.3) is 0 Å². The molecule has 5 nitrogen and oxygen atoms in total. The van der Waals surface area contributed by atoms with E-state index in [9.17, 15) is 36.3 Å². The minimum atomic E-state index is -5.32. The highest BCUT2D eigenvalue weighted by Crippen LogP contribution is 2.16. The largest absolute Gasteiger partial charge is 0.480 e. The van der Waals surface area contributed by atoms with E-state index in [2.05, 4.69) is 0 Å². The third kappa shape index (κ3) is 4.50. The van der Waals surface area contributed by atoms with E-state index in [1.165, 1.54) is 0 Å². The zero-order chi connectivity index (χ0) is 17.1. The van der Waals surface area contributed by atoms with E-state index in [1.807, 2.05) is 0 Å². The second-order valence-electron chi connectivity index (χ2n) is 4.12. The Labute approximate surface area is 119 Å². The van der Waals surface area contributed by atoms with Gasteiger partial charge in [0.1, 0.15) is 6.04 Å². The van der Waals surface area contributed by atoms with Crippen LogP contribution in [0.5, 0.6) is 0 Å². The molecule has 1 amide bonds. The summed E-state index contributed by atoms with van der Waals surface area (Å²) in [4.78, 5) is 33.1. The number of Topliss-reactive ketones (excluding diaryl/α,β-unsaturated/α-hetero) is 1. The number of hydrogen-bond donors (Lipinski definition) is 2. The maximum absolute atomic E-state index is 12.9. The number of carbonyl (C=O) groups excluding carboxylic acids is 2. The maximum Gasteiger partial charge on any atom is 0.471 e. The Kier molecular flexibility index (Phi) is 5.18. The number of alkyl halides is 3. The molecule has 1 atom stereocenters. The fraction of sp³-hybridized carbons (Fsp3) is 0.250. The lowest BCUT2D eigenvalue weighted by Gasteiger charge is -2.15. The van der Waals surface area contributed by atoms with Crippen LogP contribution in [0.25, 0.3) is 0 Å². The maximum atomic E-state index is 12.9. The Bertz CT molecular complexity index is 614. The molecular formula is C12H8F5NO4. The SMILES string of the molecule is O=C(C[C@@H](NC(=O)C(F)(F)F)C(=O)O)c1ccc(F)c(F)c1. The highest BCUT2D eigenvalue weighted by molar-refractivity contribution is 5.99. The first kappa shape index (κ1) is 17.5. The zero-order valence-electron chi connectivity index (χ0n) is 10.6. The van der Waals surface area contributed by atoms with Gasteiger partial charge in [0, 0.05) is 12.0 Å². The van der Waals surface area contributed by atoms with Crippen molar-refractivity contribution in [1.82, 2.24) is 5.32 Å². The van der Waals surface area contributed by atoms with Gasteiger partial charge in [-0.3, -0.25) is 9.59 Å². The van der Waals surface area contributed by atoms with Crippen LogP contribution in [0.15, 0.2) is 18.2 Å². The highest BCUT2D eigenvalue weighted by atomic mass is 19.4. The van der Waals surface area contributed by atoms with Crippen LogP contribution in [0.3, 0.4) is 0 Å². The van der Waals surface area contributed by atoms with E-state index in [0.717, 1.165) is 11.4 Å². The predicted octanol–water partition coefficient (Wildman–Crippen LogP) is 1.67. The number of hydrogen-bond acceptors (Lipinski definition) is 3. The quantitative estimate of drug-likeness (QED) is 0.637. The first-order chi connectivity index (χ1) is 10.0. The number of carboxylic acid groups (broad SMARTS) is 1. The number of ketones is 1. The predicted molar refractivity (Wildman–Crippen MR) is 60.9 cm³/mol. The molecule has 22 heavy (non-hydrogen) atoms. The first-order valence-electron chi connectivity index (χ1n) is 5.61. The van der Waals surface area contributed by atoms with Gasteiger partial charge in [0.2, 0.25) is 0 Å². The van der Waals surface area contributed by atoms with Crippen molar-refractivity contribution >= 4 is 17.7 Å². The summed E-state index contributed by atoms with van der Waals surface area (Å²) in [5.74, 6) is -8.12. The van der Waals surface area contributed by atoms with Crippen molar-refractivity contribution in [2.24, 2.45) is 0 Å². The molecule has 0 radical (unpaired) electrons. The summed E-state index contributed by atoms with van der Waals surface area (Å²) in [7, 11) is 0. The molecule has 1 rings (SSSR count). The number of carboxylic acids is 1. The summed E-state index contributed by atoms with van der Waals surface area (Å²) in [6, 6.07) is -0.241. The average Bonchev–Trinajstić information content (AvgIpc) is 2.39. The summed E-state index contributed by atoms with van der Waals surface area (Å²) in [5.41, 5.74) is -0.439. The molecule has 1 aromatic rings. The molecule has 0 aliphatic carbocycles. The second-order valence-corrected chi connectivity index (χ2v) is 4.12. The van der Waals surface area contributed by atoms with Crippen molar-refractivity contribution in [3.63, 3.8) is 0 Å². The Morgan fingerprint density at radius 1 is 1.14 bits per heavy atom. The second kappa shape index (κ2) is 6.50. The van der Waals surface area contributed by atoms with Gasteiger partial charge in [-0.2, -0.15) is 13.2 Å². The topological polar surface area (TPSA) is 83.5 Å². The molecule has 1 aromatic carbocycles. The number of rotatable bonds is 5. The molecule has 0 fully saturated rings. The lowest BCUT2D eigenvalue weighted by Crippen LogP contribution is -2.47. The van der Waals surface area contributed by atoms with E-state index in [-0.39, 0.29) is 0 Å². The van der Waals surface area contributed by atoms with Crippen molar-refractivity contribution in [3.8, 4) is 0 Å². The molecule has 2 N–H and O–H groups in total. The van der Waals surface area contributed by atoms with Crippen molar-refractivity contribution in [3.05, 3.63) is 35.4 Å². The molecule has 0 spiro atoms. The van der Waals surface area contributed by atoms with Crippen LogP contribution in [0, 0.1) is 11.6 Å².